The zero-order chi connectivity index (χ0) is 35.8. The summed E-state index contributed by atoms with van der Waals surface area (Å²) in [6.07, 6.45) is 27.6. The summed E-state index contributed by atoms with van der Waals surface area (Å²) in [6, 6.07) is 8.37. The molecule has 1 unspecified atom stereocenters. The van der Waals surface area contributed by atoms with Crippen LogP contribution in [0.25, 0.3) is 11.0 Å². The molecule has 4 nitrogen and oxygen atoms in total. The van der Waals surface area contributed by atoms with Crippen LogP contribution in [0.5, 0.6) is 0 Å². The minimum absolute atomic E-state index is 0.264. The van der Waals surface area contributed by atoms with Crippen LogP contribution in [0.2, 0.25) is 0 Å². The van der Waals surface area contributed by atoms with E-state index >= 15 is 0 Å². The van der Waals surface area contributed by atoms with Gasteiger partial charge in [-0.25, -0.2) is 4.98 Å². The molecule has 1 aliphatic carbocycles. The molecule has 1 saturated heterocycles. The summed E-state index contributed by atoms with van der Waals surface area (Å²) >= 11 is 0. The van der Waals surface area contributed by atoms with Crippen LogP contribution >= 0.6 is 0 Å². The summed E-state index contributed by atoms with van der Waals surface area (Å²) in [4.78, 5) is 10.1. The van der Waals surface area contributed by atoms with Crippen LogP contribution in [0.1, 0.15) is 139 Å². The topological polar surface area (TPSA) is 44.0 Å². The lowest BCUT2D eigenvalue weighted by Crippen LogP contribution is -2.27. The number of H-pyrrole nitrogens is 1. The Labute approximate surface area is 287 Å². The predicted octanol–water partition coefficient (Wildman–Crippen LogP) is 12.5. The number of imidazole rings is 1. The lowest BCUT2D eigenvalue weighted by Gasteiger charge is -2.31. The number of nitrogens with one attached hydrogen (secondary N) is 2. The predicted molar refractivity (Wildman–Crippen MR) is 211 cm³/mol. The maximum absolute atomic E-state index is 4.46. The Balaban J connectivity index is -0.000000523. The fourth-order valence-electron chi connectivity index (χ4n) is 4.76. The molecule has 1 aliphatic heterocycles. The number of likely N-dealkylation sites (tertiary alicyclic amines) is 1. The van der Waals surface area contributed by atoms with Crippen LogP contribution in [0.3, 0.4) is 0 Å². The van der Waals surface area contributed by atoms with Gasteiger partial charge in [0.15, 0.2) is 0 Å². The van der Waals surface area contributed by atoms with Gasteiger partial charge < -0.3 is 15.2 Å². The van der Waals surface area contributed by atoms with Crippen molar-refractivity contribution in [1.29, 1.82) is 0 Å². The summed E-state index contributed by atoms with van der Waals surface area (Å²) in [7, 11) is 0. The Morgan fingerprint density at radius 3 is 2.00 bits per heavy atom. The average Bonchev–Trinajstić information content (AvgIpc) is 3.76. The Kier molecular flexibility index (Phi) is 34.1. The van der Waals surface area contributed by atoms with Crippen LogP contribution in [-0.4, -0.2) is 34.0 Å². The number of aromatic nitrogens is 2. The number of para-hydroxylation sites is 2. The number of unbranched alkanes of at least 4 members (excludes halogenated alkanes) is 1. The Morgan fingerprint density at radius 1 is 1.07 bits per heavy atom. The van der Waals surface area contributed by atoms with Gasteiger partial charge in [0.2, 0.25) is 0 Å². The minimum Gasteiger partial charge on any atom is -0.385 e. The molecule has 1 atom stereocenters. The van der Waals surface area contributed by atoms with E-state index in [4.69, 9.17) is 0 Å². The second-order valence-corrected chi connectivity index (χ2v) is 11.9. The molecular formula is C42H74N4. The minimum atomic E-state index is 0.264. The number of nitrogens with zero attached hydrogens (tertiary/aromatic N) is 2. The summed E-state index contributed by atoms with van der Waals surface area (Å²) in [6.45, 7) is 35.3. The molecule has 0 bridgehead atoms. The van der Waals surface area contributed by atoms with E-state index in [0.717, 1.165) is 48.2 Å². The molecule has 0 spiro atoms. The van der Waals surface area contributed by atoms with Crippen molar-refractivity contribution < 1.29 is 0 Å². The van der Waals surface area contributed by atoms with Gasteiger partial charge in [0.05, 0.1) is 11.0 Å². The van der Waals surface area contributed by atoms with Crippen molar-refractivity contribution in [2.75, 3.05) is 13.1 Å². The second-order valence-electron chi connectivity index (χ2n) is 11.9. The van der Waals surface area contributed by atoms with Crippen LogP contribution in [0, 0.1) is 24.7 Å². The first-order valence-electron chi connectivity index (χ1n) is 18.0. The van der Waals surface area contributed by atoms with Gasteiger partial charge in [-0.05, 0) is 69.2 Å². The van der Waals surface area contributed by atoms with Crippen LogP contribution in [0.15, 0.2) is 74.1 Å². The van der Waals surface area contributed by atoms with Gasteiger partial charge in [-0.15, -0.1) is 19.4 Å². The Bertz CT molecular complexity index is 983. The highest BCUT2D eigenvalue weighted by atomic mass is 15.1. The monoisotopic (exact) mass is 635 g/mol. The molecule has 1 aromatic carbocycles. The van der Waals surface area contributed by atoms with E-state index in [1.165, 1.54) is 57.1 Å². The number of hydrogen-bond acceptors (Lipinski definition) is 3. The van der Waals surface area contributed by atoms with Gasteiger partial charge in [-0.2, -0.15) is 0 Å². The summed E-state index contributed by atoms with van der Waals surface area (Å²) in [5.41, 5.74) is 3.39. The van der Waals surface area contributed by atoms with E-state index in [0.29, 0.717) is 5.92 Å². The smallest absolute Gasteiger partial charge is 0.109 e. The van der Waals surface area contributed by atoms with Gasteiger partial charge in [0.1, 0.15) is 5.82 Å². The van der Waals surface area contributed by atoms with Gasteiger partial charge >= 0.3 is 0 Å². The molecule has 0 radical (unpaired) electrons. The fraction of sp³-hybridized carbons (Fsp3) is 0.595. The molecule has 1 aromatic heterocycles. The van der Waals surface area contributed by atoms with Crippen molar-refractivity contribution in [3.05, 3.63) is 80.0 Å². The van der Waals surface area contributed by atoms with Crippen molar-refractivity contribution >= 4 is 11.0 Å². The molecule has 0 amide bonds. The third kappa shape index (κ3) is 23.2. The summed E-state index contributed by atoms with van der Waals surface area (Å²) in [5.74, 6) is 3.67. The van der Waals surface area contributed by atoms with E-state index in [2.05, 4.69) is 120 Å². The number of fused-ring (bicyclic) bond motifs is 1. The largest absolute Gasteiger partial charge is 0.385 e. The number of allylic oxidation sites excluding steroid dienone is 2. The molecule has 2 N–H and O–H groups in total. The molecule has 2 aromatic rings. The highest BCUT2D eigenvalue weighted by Gasteiger charge is 2.22. The fourth-order valence-corrected chi connectivity index (χ4v) is 4.76. The van der Waals surface area contributed by atoms with Crippen LogP contribution in [-0.2, 0) is 0 Å². The summed E-state index contributed by atoms with van der Waals surface area (Å²) < 4.78 is 0. The van der Waals surface area contributed by atoms with Crippen molar-refractivity contribution in [3.8, 4) is 12.8 Å². The van der Waals surface area contributed by atoms with Crippen LogP contribution in [0.4, 0.5) is 0 Å². The maximum Gasteiger partial charge on any atom is 0.109 e. The zero-order valence-electron chi connectivity index (χ0n) is 31.9. The number of terminal acetylenes is 1. The third-order valence-corrected chi connectivity index (χ3v) is 7.32. The number of hydrogen-bond donors (Lipinski definition) is 2. The Morgan fingerprint density at radius 2 is 1.63 bits per heavy atom. The molecule has 2 aliphatic rings. The standard InChI is InChI=1S/C12H20N2.C10H12N2.C7H14.C6H12.C3H8.C2H6.C2H2/c1-4-12(13-5-2)10-11(3)14-8-6-7-9-14;1-7(2)10-11-8-5-3-4-6-9(8)12-10;1-3-7-4-6(2)5-7;1-3-5-6-4-2;1-3-2;2*1-2/h4-5,12-13H,1-3,6-10H2;3-7H,1-2H3,(H,11,12);6-7H,3-5H2,1-2H3;3,5H,4,6H2,1-2H3;3H2,1-2H3;1-2H3;1-2H/b;;;5-3-;;;. The molecule has 1 saturated carbocycles. The third-order valence-electron chi connectivity index (χ3n) is 7.32. The van der Waals surface area contributed by atoms with Crippen molar-refractivity contribution in [2.24, 2.45) is 11.8 Å². The van der Waals surface area contributed by atoms with Crippen molar-refractivity contribution in [2.45, 2.75) is 139 Å². The van der Waals surface area contributed by atoms with E-state index < -0.39 is 0 Å². The molecule has 2 heterocycles. The van der Waals surface area contributed by atoms with Crippen molar-refractivity contribution in [1.82, 2.24) is 20.2 Å². The highest BCUT2D eigenvalue weighted by molar-refractivity contribution is 5.74. The summed E-state index contributed by atoms with van der Waals surface area (Å²) in [5, 5.41) is 3.14. The normalized spacial score (nSPS) is 16.3. The maximum atomic E-state index is 4.46. The molecular weight excluding hydrogens is 560 g/mol. The highest BCUT2D eigenvalue weighted by Crippen LogP contribution is 2.34. The van der Waals surface area contributed by atoms with Gasteiger partial charge in [-0.3, -0.25) is 0 Å². The first kappa shape index (κ1) is 47.2. The number of aromatic amines is 1. The molecule has 262 valence electrons. The van der Waals surface area contributed by atoms with Gasteiger partial charge in [0.25, 0.3) is 0 Å². The van der Waals surface area contributed by atoms with Crippen LogP contribution < -0.4 is 5.32 Å². The lowest BCUT2D eigenvalue weighted by atomic mass is 9.75. The molecule has 4 heteroatoms. The lowest BCUT2D eigenvalue weighted by molar-refractivity contribution is 0.206. The first-order chi connectivity index (χ1) is 22.2. The number of rotatable bonds is 10. The Hall–Kier alpha value is -3.19. The van der Waals surface area contributed by atoms with Gasteiger partial charge in [-0.1, -0.05) is 125 Å². The van der Waals surface area contributed by atoms with E-state index in [1.54, 1.807) is 6.20 Å². The second kappa shape index (κ2) is 33.2. The van der Waals surface area contributed by atoms with Crippen molar-refractivity contribution in [3.63, 3.8) is 0 Å². The quantitative estimate of drug-likeness (QED) is 0.202. The molecule has 4 rings (SSSR count). The SMILES string of the molecule is C#C.C/C=C\CCC.C=CNC(C=C)CC(=C)N1CCCC1.CC.CC(C)c1nc2ccccc2[nH]1.CCC.CCC1CC(C)C1. The van der Waals surface area contributed by atoms with E-state index in [9.17, 15) is 0 Å². The van der Waals surface area contributed by atoms with E-state index in [1.807, 2.05) is 44.2 Å². The molecule has 2 fully saturated rings. The van der Waals surface area contributed by atoms with Gasteiger partial charge in [0, 0.05) is 37.2 Å². The average molecular weight is 635 g/mol. The first-order valence-corrected chi connectivity index (χ1v) is 18.0. The number of benzene rings is 1. The molecule has 46 heavy (non-hydrogen) atoms. The van der Waals surface area contributed by atoms with E-state index in [-0.39, 0.29) is 6.04 Å². The zero-order valence-corrected chi connectivity index (χ0v) is 31.9.